The van der Waals surface area contributed by atoms with Crippen LogP contribution in [-0.4, -0.2) is 19.3 Å². The van der Waals surface area contributed by atoms with E-state index in [9.17, 15) is 8.42 Å². The maximum Gasteiger partial charge on any atom is 0.271 e. The van der Waals surface area contributed by atoms with Crippen molar-refractivity contribution in [3.8, 4) is 0 Å². The van der Waals surface area contributed by atoms with Crippen molar-refractivity contribution in [3.63, 3.8) is 0 Å². The highest BCUT2D eigenvalue weighted by atomic mass is 32.2. The molecule has 0 spiro atoms. The lowest BCUT2D eigenvalue weighted by Gasteiger charge is -2.41. The molecule has 0 aromatic heterocycles. The lowest BCUT2D eigenvalue weighted by Crippen LogP contribution is -2.46. The molecular formula is C12H20O3S. The molecule has 3 rings (SSSR count). The van der Waals surface area contributed by atoms with E-state index in [1.54, 1.807) is 0 Å². The van der Waals surface area contributed by atoms with E-state index >= 15 is 0 Å². The summed E-state index contributed by atoms with van der Waals surface area (Å²) in [6.07, 6.45) is 0. The number of hydrogen-bond acceptors (Lipinski definition) is 3. The van der Waals surface area contributed by atoms with Gasteiger partial charge in [0.15, 0.2) is 0 Å². The molecule has 7 unspecified atom stereocenters. The molecule has 3 aliphatic rings. The van der Waals surface area contributed by atoms with Crippen LogP contribution in [0.25, 0.3) is 0 Å². The summed E-state index contributed by atoms with van der Waals surface area (Å²) in [4.78, 5) is 0. The molecule has 0 N–H and O–H groups in total. The zero-order chi connectivity index (χ0) is 12.1. The van der Waals surface area contributed by atoms with E-state index in [2.05, 4.69) is 27.7 Å². The minimum Gasteiger partial charge on any atom is -0.263 e. The van der Waals surface area contributed by atoms with Gasteiger partial charge in [0.1, 0.15) is 0 Å². The predicted molar refractivity (Wildman–Crippen MR) is 61.3 cm³/mol. The molecule has 1 aliphatic heterocycles. The molecule has 7 atom stereocenters. The van der Waals surface area contributed by atoms with Crippen molar-refractivity contribution in [2.24, 2.45) is 29.1 Å². The number of rotatable bonds is 0. The van der Waals surface area contributed by atoms with E-state index in [0.29, 0.717) is 11.8 Å². The quantitative estimate of drug-likeness (QED) is 0.612. The maximum absolute atomic E-state index is 12.1. The smallest absolute Gasteiger partial charge is 0.263 e. The second-order valence-electron chi connectivity index (χ2n) is 6.42. The summed E-state index contributed by atoms with van der Waals surface area (Å²) in [6.45, 7) is 10.7. The first-order chi connectivity index (χ1) is 7.17. The van der Waals surface area contributed by atoms with Crippen LogP contribution in [0.4, 0.5) is 0 Å². The Morgan fingerprint density at radius 2 is 1.62 bits per heavy atom. The van der Waals surface area contributed by atoms with Crippen molar-refractivity contribution in [1.82, 2.24) is 0 Å². The Balaban J connectivity index is 2.28. The highest BCUT2D eigenvalue weighted by molar-refractivity contribution is 7.87. The summed E-state index contributed by atoms with van der Waals surface area (Å²) >= 11 is 0. The van der Waals surface area contributed by atoms with Gasteiger partial charge in [0.05, 0.1) is 10.9 Å². The summed E-state index contributed by atoms with van der Waals surface area (Å²) in [5.74, 6) is 1.14. The molecule has 92 valence electrons. The van der Waals surface area contributed by atoms with Crippen molar-refractivity contribution >= 4 is 10.1 Å². The van der Waals surface area contributed by atoms with Gasteiger partial charge in [-0.1, -0.05) is 27.7 Å². The molecule has 3 fully saturated rings. The van der Waals surface area contributed by atoms with Crippen LogP contribution in [0.1, 0.15) is 34.6 Å². The molecule has 0 aromatic rings. The van der Waals surface area contributed by atoms with Crippen LogP contribution in [-0.2, 0) is 14.3 Å². The molecule has 0 radical (unpaired) electrons. The molecule has 0 amide bonds. The van der Waals surface area contributed by atoms with Crippen LogP contribution in [0.3, 0.4) is 0 Å². The van der Waals surface area contributed by atoms with Crippen molar-refractivity contribution in [2.75, 3.05) is 0 Å². The van der Waals surface area contributed by atoms with E-state index in [0.717, 1.165) is 0 Å². The van der Waals surface area contributed by atoms with Gasteiger partial charge in [0, 0.05) is 5.92 Å². The highest BCUT2D eigenvalue weighted by Gasteiger charge is 2.78. The average Bonchev–Trinajstić information content (AvgIpc) is 2.54. The van der Waals surface area contributed by atoms with Gasteiger partial charge in [0.25, 0.3) is 10.1 Å². The minimum atomic E-state index is -3.34. The minimum absolute atomic E-state index is 0.105. The van der Waals surface area contributed by atoms with Crippen molar-refractivity contribution < 1.29 is 12.6 Å². The summed E-state index contributed by atoms with van der Waals surface area (Å²) in [5, 5.41) is -0.270. The standard InChI is InChI=1S/C12H20O3S/c1-6-9-10-7(2)11(6,4)8(3)12(9,5)15-16(10,13)14/h6-10H,1-5H3. The predicted octanol–water partition coefficient (Wildman–Crippen LogP) is 2.03. The van der Waals surface area contributed by atoms with Gasteiger partial charge in [0.2, 0.25) is 0 Å². The normalized spacial score (nSPS) is 66.4. The Bertz CT molecular complexity index is 457. The maximum atomic E-state index is 12.1. The van der Waals surface area contributed by atoms with E-state index in [4.69, 9.17) is 4.18 Å². The molecular weight excluding hydrogens is 224 g/mol. The number of fused-ring (bicyclic) bond motifs is 1. The van der Waals surface area contributed by atoms with Crippen molar-refractivity contribution in [3.05, 3.63) is 0 Å². The van der Waals surface area contributed by atoms with Gasteiger partial charge < -0.3 is 0 Å². The molecule has 2 aliphatic carbocycles. The fourth-order valence-electron chi connectivity index (χ4n) is 5.13. The SMILES string of the molecule is CC1C2C3C(C)C1(C)C(C)C2(C)OS3(=O)=O. The van der Waals surface area contributed by atoms with Gasteiger partial charge >= 0.3 is 0 Å². The molecule has 0 aromatic carbocycles. The van der Waals surface area contributed by atoms with Crippen molar-refractivity contribution in [2.45, 2.75) is 45.5 Å². The topological polar surface area (TPSA) is 43.4 Å². The Kier molecular flexibility index (Phi) is 1.73. The third-order valence-corrected chi connectivity index (χ3v) is 8.39. The number of hydrogen-bond donors (Lipinski definition) is 0. The monoisotopic (exact) mass is 244 g/mol. The molecule has 3 nitrogen and oxygen atoms in total. The first-order valence-electron chi connectivity index (χ1n) is 6.12. The van der Waals surface area contributed by atoms with Crippen LogP contribution < -0.4 is 0 Å². The lowest BCUT2D eigenvalue weighted by atomic mass is 9.64. The van der Waals surface area contributed by atoms with Gasteiger partial charge in [-0.15, -0.1) is 0 Å². The van der Waals surface area contributed by atoms with Gasteiger partial charge in [-0.3, -0.25) is 4.18 Å². The van der Waals surface area contributed by atoms with Crippen LogP contribution in [0.5, 0.6) is 0 Å². The fourth-order valence-corrected chi connectivity index (χ4v) is 7.66. The van der Waals surface area contributed by atoms with Crippen LogP contribution in [0, 0.1) is 29.1 Å². The average molecular weight is 244 g/mol. The third kappa shape index (κ3) is 0.798. The third-order valence-electron chi connectivity index (χ3n) is 6.43. The second kappa shape index (κ2) is 2.51. The Morgan fingerprint density at radius 1 is 1.06 bits per heavy atom. The zero-order valence-corrected chi connectivity index (χ0v) is 11.3. The van der Waals surface area contributed by atoms with Crippen molar-refractivity contribution in [1.29, 1.82) is 0 Å². The summed E-state index contributed by atoms with van der Waals surface area (Å²) in [6, 6.07) is 0. The van der Waals surface area contributed by atoms with E-state index < -0.39 is 15.7 Å². The van der Waals surface area contributed by atoms with E-state index in [1.165, 1.54) is 0 Å². The Morgan fingerprint density at radius 3 is 2.12 bits per heavy atom. The van der Waals surface area contributed by atoms with Gasteiger partial charge in [-0.05, 0) is 30.1 Å². The molecule has 1 saturated heterocycles. The molecule has 2 bridgehead atoms. The van der Waals surface area contributed by atoms with Gasteiger partial charge in [-0.25, -0.2) is 0 Å². The Hall–Kier alpha value is -0.0900. The second-order valence-corrected chi connectivity index (χ2v) is 8.11. The molecule has 2 saturated carbocycles. The van der Waals surface area contributed by atoms with Crippen LogP contribution in [0.15, 0.2) is 0 Å². The lowest BCUT2D eigenvalue weighted by molar-refractivity contribution is -0.00991. The van der Waals surface area contributed by atoms with E-state index in [1.807, 2.05) is 6.92 Å². The summed E-state index contributed by atoms with van der Waals surface area (Å²) in [7, 11) is -3.34. The Labute approximate surface area is 97.7 Å². The largest absolute Gasteiger partial charge is 0.271 e. The van der Waals surface area contributed by atoms with Gasteiger partial charge in [-0.2, -0.15) is 8.42 Å². The summed E-state index contributed by atoms with van der Waals surface area (Å²) in [5.41, 5.74) is -0.349. The highest BCUT2D eigenvalue weighted by Crippen LogP contribution is 2.73. The van der Waals surface area contributed by atoms with E-state index in [-0.39, 0.29) is 22.5 Å². The van der Waals surface area contributed by atoms with Crippen LogP contribution >= 0.6 is 0 Å². The van der Waals surface area contributed by atoms with Crippen LogP contribution in [0.2, 0.25) is 0 Å². The zero-order valence-electron chi connectivity index (χ0n) is 10.5. The molecule has 16 heavy (non-hydrogen) atoms. The fraction of sp³-hybridized carbons (Fsp3) is 1.00. The summed E-state index contributed by atoms with van der Waals surface area (Å²) < 4.78 is 29.7. The molecule has 1 heterocycles. The first kappa shape index (κ1) is 11.0. The molecule has 4 heteroatoms. The first-order valence-corrected chi connectivity index (χ1v) is 7.59.